The quantitative estimate of drug-likeness (QED) is 0.661. The van der Waals surface area contributed by atoms with Crippen LogP contribution in [0.25, 0.3) is 21.3 Å². The predicted octanol–water partition coefficient (Wildman–Crippen LogP) is 3.79. The Bertz CT molecular complexity index is 1040. The third-order valence-corrected chi connectivity index (χ3v) is 7.43. The van der Waals surface area contributed by atoms with Crippen molar-refractivity contribution in [3.8, 4) is 11.1 Å². The lowest BCUT2D eigenvalue weighted by Crippen LogP contribution is -2.40. The van der Waals surface area contributed by atoms with Gasteiger partial charge in [-0.2, -0.15) is 0 Å². The molecule has 1 amide bonds. The molecule has 31 heavy (non-hydrogen) atoms. The Balaban J connectivity index is 1.26. The van der Waals surface area contributed by atoms with Crippen LogP contribution < -0.4 is 10.2 Å². The van der Waals surface area contributed by atoms with Crippen LogP contribution in [0, 0.1) is 5.92 Å². The number of carbonyl (C=O) groups is 1. The van der Waals surface area contributed by atoms with Gasteiger partial charge in [0.2, 0.25) is 5.91 Å². The Morgan fingerprint density at radius 1 is 1.13 bits per heavy atom. The maximum Gasteiger partial charge on any atom is 0.217 e. The molecule has 2 saturated heterocycles. The second-order valence-corrected chi connectivity index (χ2v) is 9.63. The van der Waals surface area contributed by atoms with Crippen LogP contribution in [0.2, 0.25) is 0 Å². The fourth-order valence-corrected chi connectivity index (χ4v) is 5.94. The van der Waals surface area contributed by atoms with Crippen molar-refractivity contribution >= 4 is 33.3 Å². The average molecular weight is 436 g/mol. The number of aromatic nitrogens is 2. The Labute approximate surface area is 187 Å². The topological polar surface area (TPSA) is 61.4 Å². The normalized spacial score (nSPS) is 20.4. The van der Waals surface area contributed by atoms with E-state index in [0.717, 1.165) is 49.8 Å². The van der Waals surface area contributed by atoms with Gasteiger partial charge in [-0.1, -0.05) is 30.3 Å². The molecule has 0 bridgehead atoms. The first kappa shape index (κ1) is 20.4. The number of anilines is 1. The first-order valence-electron chi connectivity index (χ1n) is 11.2. The number of benzene rings is 1. The summed E-state index contributed by atoms with van der Waals surface area (Å²) in [6.45, 7) is 6.89. The number of amides is 1. The van der Waals surface area contributed by atoms with Gasteiger partial charge in [-0.15, -0.1) is 11.3 Å². The summed E-state index contributed by atoms with van der Waals surface area (Å²) < 4.78 is 0. The maximum absolute atomic E-state index is 11.3. The minimum Gasteiger partial charge on any atom is -0.356 e. The minimum atomic E-state index is 0.0830. The molecular weight excluding hydrogens is 406 g/mol. The highest BCUT2D eigenvalue weighted by atomic mass is 32.1. The first-order chi connectivity index (χ1) is 15.2. The molecule has 3 aromatic rings. The first-order valence-corrected chi connectivity index (χ1v) is 12.1. The number of thiophene rings is 1. The summed E-state index contributed by atoms with van der Waals surface area (Å²) in [5, 5.41) is 6.47. The van der Waals surface area contributed by atoms with Crippen LogP contribution >= 0.6 is 11.3 Å². The van der Waals surface area contributed by atoms with E-state index >= 15 is 0 Å². The number of fused-ring (bicyclic) bond motifs is 1. The van der Waals surface area contributed by atoms with Gasteiger partial charge in [0.15, 0.2) is 0 Å². The number of nitrogens with zero attached hydrogens (tertiary/aromatic N) is 4. The van der Waals surface area contributed by atoms with Crippen molar-refractivity contribution in [2.45, 2.75) is 32.2 Å². The van der Waals surface area contributed by atoms with Crippen molar-refractivity contribution in [2.75, 3.05) is 37.6 Å². The van der Waals surface area contributed by atoms with Crippen LogP contribution in [0.4, 0.5) is 5.82 Å². The third kappa shape index (κ3) is 4.43. The summed E-state index contributed by atoms with van der Waals surface area (Å²) in [4.78, 5) is 26.6. The summed E-state index contributed by atoms with van der Waals surface area (Å²) in [5.74, 6) is 1.87. The van der Waals surface area contributed by atoms with E-state index in [1.807, 2.05) is 0 Å². The fraction of sp³-hybridized carbons (Fsp3) is 0.458. The van der Waals surface area contributed by atoms with E-state index in [9.17, 15) is 4.79 Å². The lowest BCUT2D eigenvalue weighted by molar-refractivity contribution is -0.119. The number of hydrogen-bond donors (Lipinski definition) is 1. The SMILES string of the molecule is CC(=O)NC1CCN(CC2CCN(c3ncnc4scc(-c5ccccc5)c34)CC2)C1. The molecule has 0 saturated carbocycles. The molecule has 1 N–H and O–H groups in total. The molecule has 4 heterocycles. The highest BCUT2D eigenvalue weighted by Crippen LogP contribution is 2.38. The summed E-state index contributed by atoms with van der Waals surface area (Å²) in [6, 6.07) is 10.9. The lowest BCUT2D eigenvalue weighted by atomic mass is 9.96. The molecule has 1 atom stereocenters. The second-order valence-electron chi connectivity index (χ2n) is 8.77. The van der Waals surface area contributed by atoms with Gasteiger partial charge < -0.3 is 15.1 Å². The molecule has 0 radical (unpaired) electrons. The van der Waals surface area contributed by atoms with E-state index in [-0.39, 0.29) is 5.91 Å². The van der Waals surface area contributed by atoms with Gasteiger partial charge in [-0.05, 0) is 30.7 Å². The van der Waals surface area contributed by atoms with Gasteiger partial charge in [-0.3, -0.25) is 4.79 Å². The molecule has 1 aromatic carbocycles. The maximum atomic E-state index is 11.3. The standard InChI is InChI=1S/C24H29N5OS/c1-17(30)27-20-9-10-28(14-20)13-18-7-11-29(12-8-18)23-22-21(19-5-3-2-4-6-19)15-31-24(22)26-16-25-23/h2-6,15-16,18,20H,7-14H2,1H3,(H,27,30). The molecule has 2 fully saturated rings. The van der Waals surface area contributed by atoms with Gasteiger partial charge in [-0.25, -0.2) is 9.97 Å². The number of carbonyl (C=O) groups excluding carboxylic acids is 1. The van der Waals surface area contributed by atoms with Gasteiger partial charge in [0.25, 0.3) is 0 Å². The van der Waals surface area contributed by atoms with Crippen molar-refractivity contribution < 1.29 is 4.79 Å². The van der Waals surface area contributed by atoms with Gasteiger partial charge >= 0.3 is 0 Å². The van der Waals surface area contributed by atoms with Crippen molar-refractivity contribution in [1.82, 2.24) is 20.2 Å². The second kappa shape index (κ2) is 8.93. The zero-order valence-electron chi connectivity index (χ0n) is 18.0. The van der Waals surface area contributed by atoms with E-state index < -0.39 is 0 Å². The highest BCUT2D eigenvalue weighted by Gasteiger charge is 2.28. The molecule has 5 rings (SSSR count). The van der Waals surface area contributed by atoms with E-state index in [4.69, 9.17) is 4.98 Å². The molecule has 1 unspecified atom stereocenters. The van der Waals surface area contributed by atoms with E-state index in [1.54, 1.807) is 24.6 Å². The summed E-state index contributed by atoms with van der Waals surface area (Å²) in [5.41, 5.74) is 2.46. The average Bonchev–Trinajstić information content (AvgIpc) is 3.41. The van der Waals surface area contributed by atoms with Gasteiger partial charge in [0.1, 0.15) is 17.0 Å². The van der Waals surface area contributed by atoms with Crippen molar-refractivity contribution in [3.05, 3.63) is 42.0 Å². The van der Waals surface area contributed by atoms with Crippen LogP contribution in [0.5, 0.6) is 0 Å². The Hall–Kier alpha value is -2.51. The molecule has 2 aromatic heterocycles. The molecule has 0 spiro atoms. The van der Waals surface area contributed by atoms with E-state index in [0.29, 0.717) is 12.0 Å². The number of piperidine rings is 1. The Morgan fingerprint density at radius 3 is 2.71 bits per heavy atom. The van der Waals surface area contributed by atoms with Crippen LogP contribution in [0.1, 0.15) is 26.2 Å². The van der Waals surface area contributed by atoms with Crippen LogP contribution in [-0.2, 0) is 4.79 Å². The molecule has 2 aliphatic heterocycles. The van der Waals surface area contributed by atoms with Crippen LogP contribution in [0.15, 0.2) is 42.0 Å². The van der Waals surface area contributed by atoms with Crippen molar-refractivity contribution in [1.29, 1.82) is 0 Å². The van der Waals surface area contributed by atoms with Crippen molar-refractivity contribution in [2.24, 2.45) is 5.92 Å². The molecule has 7 heteroatoms. The van der Waals surface area contributed by atoms with Crippen LogP contribution in [0.3, 0.4) is 0 Å². The number of nitrogens with one attached hydrogen (secondary N) is 1. The number of hydrogen-bond acceptors (Lipinski definition) is 6. The number of likely N-dealkylation sites (tertiary alicyclic amines) is 1. The molecule has 6 nitrogen and oxygen atoms in total. The van der Waals surface area contributed by atoms with Gasteiger partial charge in [0, 0.05) is 56.6 Å². The predicted molar refractivity (Wildman–Crippen MR) is 126 cm³/mol. The fourth-order valence-electron chi connectivity index (χ4n) is 5.03. The Kier molecular flexibility index (Phi) is 5.87. The highest BCUT2D eigenvalue weighted by molar-refractivity contribution is 7.17. The van der Waals surface area contributed by atoms with Crippen molar-refractivity contribution in [3.63, 3.8) is 0 Å². The molecular formula is C24H29N5OS. The van der Waals surface area contributed by atoms with E-state index in [2.05, 4.69) is 55.8 Å². The molecule has 2 aliphatic rings. The zero-order valence-corrected chi connectivity index (χ0v) is 18.8. The summed E-state index contributed by atoms with van der Waals surface area (Å²) in [6.07, 6.45) is 5.13. The largest absolute Gasteiger partial charge is 0.356 e. The molecule has 0 aliphatic carbocycles. The zero-order chi connectivity index (χ0) is 21.2. The molecule has 162 valence electrons. The van der Waals surface area contributed by atoms with Gasteiger partial charge in [0.05, 0.1) is 5.39 Å². The third-order valence-electron chi connectivity index (χ3n) is 6.55. The Morgan fingerprint density at radius 2 is 1.94 bits per heavy atom. The smallest absolute Gasteiger partial charge is 0.217 e. The monoisotopic (exact) mass is 435 g/mol. The summed E-state index contributed by atoms with van der Waals surface area (Å²) >= 11 is 1.70. The number of rotatable bonds is 5. The minimum absolute atomic E-state index is 0.0830. The summed E-state index contributed by atoms with van der Waals surface area (Å²) in [7, 11) is 0. The van der Waals surface area contributed by atoms with E-state index in [1.165, 1.54) is 29.4 Å². The lowest BCUT2D eigenvalue weighted by Gasteiger charge is -2.35. The van der Waals surface area contributed by atoms with Crippen LogP contribution in [-0.4, -0.2) is 59.5 Å².